The highest BCUT2D eigenvalue weighted by atomic mass is 16.6. The summed E-state index contributed by atoms with van der Waals surface area (Å²) < 4.78 is 11.7. The van der Waals surface area contributed by atoms with Crippen molar-refractivity contribution in [2.45, 2.75) is 26.0 Å². The molecule has 3 rings (SSSR count). The van der Waals surface area contributed by atoms with Crippen molar-refractivity contribution in [2.75, 3.05) is 20.2 Å². The number of nitrogens with zero attached hydrogens (tertiary/aromatic N) is 2. The van der Waals surface area contributed by atoms with Crippen molar-refractivity contribution in [3.63, 3.8) is 0 Å². The number of rotatable bonds is 5. The molecular formula is C17H21N3O3. The van der Waals surface area contributed by atoms with Crippen LogP contribution in [-0.2, 0) is 13.0 Å². The molecule has 1 aromatic carbocycles. The van der Waals surface area contributed by atoms with Crippen LogP contribution in [0, 0.1) is 0 Å². The van der Waals surface area contributed by atoms with E-state index in [1.54, 1.807) is 6.07 Å². The first-order valence-corrected chi connectivity index (χ1v) is 7.80. The van der Waals surface area contributed by atoms with Crippen LogP contribution in [0.15, 0.2) is 35.1 Å². The van der Waals surface area contributed by atoms with E-state index in [0.717, 1.165) is 23.6 Å². The maximum atomic E-state index is 11.6. The minimum absolute atomic E-state index is 0.0454. The van der Waals surface area contributed by atoms with Gasteiger partial charge in [0.2, 0.25) is 0 Å². The van der Waals surface area contributed by atoms with E-state index >= 15 is 0 Å². The lowest BCUT2D eigenvalue weighted by molar-refractivity contribution is 0.0632. The Labute approximate surface area is 135 Å². The Kier molecular flexibility index (Phi) is 4.62. The number of benzene rings is 1. The van der Waals surface area contributed by atoms with Crippen molar-refractivity contribution in [1.82, 2.24) is 14.9 Å². The number of fused-ring (bicyclic) bond motifs is 1. The molecule has 6 heteroatoms. The predicted molar refractivity (Wildman–Crippen MR) is 86.9 cm³/mol. The number of H-pyrrole nitrogens is 1. The van der Waals surface area contributed by atoms with Gasteiger partial charge in [0.25, 0.3) is 5.56 Å². The number of para-hydroxylation sites is 2. The number of hydrogen-bond acceptors (Lipinski definition) is 5. The van der Waals surface area contributed by atoms with Crippen LogP contribution in [0.2, 0.25) is 0 Å². The van der Waals surface area contributed by atoms with E-state index in [2.05, 4.69) is 14.9 Å². The molecule has 122 valence electrons. The summed E-state index contributed by atoms with van der Waals surface area (Å²) in [5.74, 6) is 2.23. The van der Waals surface area contributed by atoms with E-state index < -0.39 is 0 Å². The molecule has 1 aromatic heterocycles. The number of likely N-dealkylation sites (N-methyl/N-ethyl adjacent to an activating group) is 1. The van der Waals surface area contributed by atoms with Gasteiger partial charge < -0.3 is 14.5 Å². The minimum atomic E-state index is -0.105. The van der Waals surface area contributed by atoms with Crippen LogP contribution in [0.4, 0.5) is 0 Å². The van der Waals surface area contributed by atoms with E-state index in [-0.39, 0.29) is 11.7 Å². The van der Waals surface area contributed by atoms with Crippen molar-refractivity contribution in [1.29, 1.82) is 0 Å². The molecule has 1 unspecified atom stereocenters. The van der Waals surface area contributed by atoms with Crippen LogP contribution in [0.25, 0.3) is 0 Å². The zero-order valence-electron chi connectivity index (χ0n) is 13.4. The van der Waals surface area contributed by atoms with Gasteiger partial charge in [-0.15, -0.1) is 0 Å². The molecule has 0 spiro atoms. The van der Waals surface area contributed by atoms with Gasteiger partial charge >= 0.3 is 0 Å². The summed E-state index contributed by atoms with van der Waals surface area (Å²) in [6, 6.07) is 9.21. The fourth-order valence-electron chi connectivity index (χ4n) is 2.64. The summed E-state index contributed by atoms with van der Waals surface area (Å²) in [7, 11) is 1.97. The van der Waals surface area contributed by atoms with Gasteiger partial charge in [-0.3, -0.25) is 9.69 Å². The average Bonchev–Trinajstić information content (AvgIpc) is 2.54. The maximum absolute atomic E-state index is 11.6. The number of hydrogen-bond donors (Lipinski definition) is 1. The highest BCUT2D eigenvalue weighted by Gasteiger charge is 2.22. The highest BCUT2D eigenvalue weighted by Crippen LogP contribution is 2.30. The lowest BCUT2D eigenvalue weighted by Gasteiger charge is -2.29. The molecule has 2 heterocycles. The zero-order valence-corrected chi connectivity index (χ0v) is 13.4. The molecule has 23 heavy (non-hydrogen) atoms. The van der Waals surface area contributed by atoms with E-state index in [4.69, 9.17) is 9.47 Å². The van der Waals surface area contributed by atoms with Gasteiger partial charge in [-0.2, -0.15) is 0 Å². The molecule has 0 saturated carbocycles. The van der Waals surface area contributed by atoms with E-state index in [1.807, 2.05) is 38.2 Å². The molecule has 0 saturated heterocycles. The molecule has 0 aliphatic carbocycles. The van der Waals surface area contributed by atoms with Gasteiger partial charge in [-0.25, -0.2) is 4.98 Å². The number of ether oxygens (including phenoxy) is 2. The highest BCUT2D eigenvalue weighted by molar-refractivity contribution is 5.40. The first kappa shape index (κ1) is 15.6. The molecular weight excluding hydrogens is 294 g/mol. The van der Waals surface area contributed by atoms with Gasteiger partial charge in [0.05, 0.1) is 6.54 Å². The number of aryl methyl sites for hydroxylation is 1. The Hall–Kier alpha value is -2.34. The molecule has 0 fully saturated rings. The molecule has 1 N–H and O–H groups in total. The van der Waals surface area contributed by atoms with Gasteiger partial charge in [-0.05, 0) is 25.6 Å². The van der Waals surface area contributed by atoms with Crippen LogP contribution in [0.3, 0.4) is 0 Å². The second-order valence-electron chi connectivity index (χ2n) is 5.73. The lowest BCUT2D eigenvalue weighted by Crippen LogP contribution is -2.39. The lowest BCUT2D eigenvalue weighted by atomic mass is 10.2. The molecule has 1 aliphatic rings. The van der Waals surface area contributed by atoms with Gasteiger partial charge in [0, 0.05) is 18.3 Å². The Morgan fingerprint density at radius 3 is 2.91 bits per heavy atom. The summed E-state index contributed by atoms with van der Waals surface area (Å²) in [5.41, 5.74) is 0.703. The Balaban J connectivity index is 1.61. The van der Waals surface area contributed by atoms with E-state index in [9.17, 15) is 4.79 Å². The molecule has 2 aromatic rings. The van der Waals surface area contributed by atoms with E-state index in [0.29, 0.717) is 25.5 Å². The Bertz CT molecular complexity index is 729. The van der Waals surface area contributed by atoms with Crippen molar-refractivity contribution in [3.05, 3.63) is 52.2 Å². The summed E-state index contributed by atoms with van der Waals surface area (Å²) in [6.45, 7) is 3.75. The smallest absolute Gasteiger partial charge is 0.251 e. The quantitative estimate of drug-likeness (QED) is 0.908. The number of aromatic amines is 1. The summed E-state index contributed by atoms with van der Waals surface area (Å²) >= 11 is 0. The van der Waals surface area contributed by atoms with Crippen molar-refractivity contribution in [2.24, 2.45) is 0 Å². The summed E-state index contributed by atoms with van der Waals surface area (Å²) in [5, 5.41) is 0. The van der Waals surface area contributed by atoms with Crippen LogP contribution in [0.5, 0.6) is 11.5 Å². The average molecular weight is 315 g/mol. The van der Waals surface area contributed by atoms with Crippen LogP contribution in [-0.4, -0.2) is 41.2 Å². The van der Waals surface area contributed by atoms with Crippen LogP contribution >= 0.6 is 0 Å². The van der Waals surface area contributed by atoms with Crippen LogP contribution in [0.1, 0.15) is 18.4 Å². The summed E-state index contributed by atoms with van der Waals surface area (Å²) in [6.07, 6.45) is 0.702. The molecule has 0 bridgehead atoms. The molecule has 1 atom stereocenters. The largest absolute Gasteiger partial charge is 0.486 e. The fraction of sp³-hybridized carbons (Fsp3) is 0.412. The first-order chi connectivity index (χ1) is 11.1. The predicted octanol–water partition coefficient (Wildman–Crippen LogP) is 1.60. The maximum Gasteiger partial charge on any atom is 0.251 e. The second-order valence-corrected chi connectivity index (χ2v) is 5.73. The third kappa shape index (κ3) is 3.90. The Morgan fingerprint density at radius 2 is 2.13 bits per heavy atom. The number of nitrogens with one attached hydrogen (secondary N) is 1. The number of aromatic nitrogens is 2. The minimum Gasteiger partial charge on any atom is -0.486 e. The molecule has 1 aliphatic heterocycles. The van der Waals surface area contributed by atoms with E-state index in [1.165, 1.54) is 0 Å². The third-order valence-corrected chi connectivity index (χ3v) is 3.71. The molecule has 0 radical (unpaired) electrons. The summed E-state index contributed by atoms with van der Waals surface area (Å²) in [4.78, 5) is 20.9. The monoisotopic (exact) mass is 315 g/mol. The van der Waals surface area contributed by atoms with Gasteiger partial charge in [-0.1, -0.05) is 19.1 Å². The normalized spacial score (nSPS) is 16.6. The molecule has 6 nitrogen and oxygen atoms in total. The first-order valence-electron chi connectivity index (χ1n) is 7.80. The topological polar surface area (TPSA) is 67.5 Å². The second kappa shape index (κ2) is 6.83. The van der Waals surface area contributed by atoms with Gasteiger partial charge in [0.1, 0.15) is 18.5 Å². The zero-order chi connectivity index (χ0) is 16.2. The van der Waals surface area contributed by atoms with Crippen molar-refractivity contribution >= 4 is 0 Å². The van der Waals surface area contributed by atoms with Gasteiger partial charge in [0.15, 0.2) is 11.5 Å². The fourth-order valence-corrected chi connectivity index (χ4v) is 2.64. The van der Waals surface area contributed by atoms with Crippen molar-refractivity contribution < 1.29 is 9.47 Å². The van der Waals surface area contributed by atoms with Crippen LogP contribution < -0.4 is 15.0 Å². The van der Waals surface area contributed by atoms with Crippen molar-refractivity contribution in [3.8, 4) is 11.5 Å². The standard InChI is InChI=1S/C17H21N3O3/c1-3-12-8-17(21)19-16(18-12)10-20(2)9-13-11-22-14-6-4-5-7-15(14)23-13/h4-8,13H,3,9-11H2,1-2H3,(H,18,19,21). The SMILES string of the molecule is CCc1cc(=O)[nH]c(CN(C)CC2COc3ccccc3O2)n1. The molecule has 0 amide bonds. The third-order valence-electron chi connectivity index (χ3n) is 3.71. The Morgan fingerprint density at radius 1 is 1.35 bits per heavy atom.